The number of aromatic nitrogens is 4. The molecule has 0 saturated carbocycles. The van der Waals surface area contributed by atoms with Crippen molar-refractivity contribution in [1.82, 2.24) is 18.9 Å². The van der Waals surface area contributed by atoms with Crippen LogP contribution < -0.4 is 0 Å². The number of nitrogens with zero attached hydrogens (tertiary/aromatic N) is 4. The SMILES string of the molecule is c1ccc2c(c1)oc1ccc(-c3ccn4c(c3)nc3c5ccccc5c5cc(-c6cc(-n7c8ccccc8c8ccccc87)ccn6)ccc5c34)cc12. The summed E-state index contributed by atoms with van der Waals surface area (Å²) in [6.07, 6.45) is 4.09. The van der Waals surface area contributed by atoms with Crippen LogP contribution in [0, 0.1) is 0 Å². The van der Waals surface area contributed by atoms with Crippen molar-refractivity contribution in [3.8, 4) is 28.1 Å². The first-order valence-electron chi connectivity index (χ1n) is 17.9. The first kappa shape index (κ1) is 28.5. The van der Waals surface area contributed by atoms with Gasteiger partial charge in [-0.25, -0.2) is 4.98 Å². The van der Waals surface area contributed by atoms with Gasteiger partial charge in [-0.3, -0.25) is 9.38 Å². The predicted octanol–water partition coefficient (Wildman–Crippen LogP) is 12.5. The second kappa shape index (κ2) is 10.6. The minimum atomic E-state index is 0.897. The fourth-order valence-electron chi connectivity index (χ4n) is 8.55. The number of para-hydroxylation sites is 3. The van der Waals surface area contributed by atoms with Crippen molar-refractivity contribution < 1.29 is 4.42 Å². The maximum Gasteiger partial charge on any atom is 0.138 e. The lowest BCUT2D eigenvalue weighted by Gasteiger charge is -2.12. The van der Waals surface area contributed by atoms with Gasteiger partial charge in [0.1, 0.15) is 16.8 Å². The Morgan fingerprint density at radius 1 is 0.453 bits per heavy atom. The van der Waals surface area contributed by atoms with Gasteiger partial charge >= 0.3 is 0 Å². The smallest absolute Gasteiger partial charge is 0.138 e. The molecule has 0 unspecified atom stereocenters. The van der Waals surface area contributed by atoms with E-state index in [0.717, 1.165) is 77.5 Å². The molecular formula is C48H28N4O. The van der Waals surface area contributed by atoms with Crippen LogP contribution in [-0.2, 0) is 0 Å². The van der Waals surface area contributed by atoms with E-state index in [0.29, 0.717) is 0 Å². The van der Waals surface area contributed by atoms with Gasteiger partial charge in [-0.1, -0.05) is 97.1 Å². The van der Waals surface area contributed by atoms with E-state index in [-0.39, 0.29) is 0 Å². The van der Waals surface area contributed by atoms with Gasteiger partial charge in [0.05, 0.1) is 27.8 Å². The minimum Gasteiger partial charge on any atom is -0.456 e. The molecule has 0 radical (unpaired) electrons. The summed E-state index contributed by atoms with van der Waals surface area (Å²) < 4.78 is 10.7. The largest absolute Gasteiger partial charge is 0.456 e. The number of fused-ring (bicyclic) bond motifs is 14. The first-order chi connectivity index (χ1) is 26.3. The second-order valence-corrected chi connectivity index (χ2v) is 13.8. The molecule has 5 nitrogen and oxygen atoms in total. The van der Waals surface area contributed by atoms with E-state index in [2.05, 4.69) is 161 Å². The molecule has 5 heterocycles. The Kier molecular flexibility index (Phi) is 5.71. The lowest BCUT2D eigenvalue weighted by molar-refractivity contribution is 0.669. The van der Waals surface area contributed by atoms with Gasteiger partial charge in [0.25, 0.3) is 0 Å². The number of imidazole rings is 1. The van der Waals surface area contributed by atoms with E-state index in [1.54, 1.807) is 0 Å². The molecule has 7 aromatic carbocycles. The third-order valence-corrected chi connectivity index (χ3v) is 11.0. The molecule has 0 bridgehead atoms. The Bertz CT molecular complexity index is 3420. The van der Waals surface area contributed by atoms with Crippen LogP contribution in [0.2, 0.25) is 0 Å². The van der Waals surface area contributed by atoms with E-state index < -0.39 is 0 Å². The van der Waals surface area contributed by atoms with Crippen LogP contribution in [0.3, 0.4) is 0 Å². The Morgan fingerprint density at radius 2 is 1.11 bits per heavy atom. The van der Waals surface area contributed by atoms with Gasteiger partial charge in [-0.2, -0.15) is 0 Å². The van der Waals surface area contributed by atoms with Crippen molar-refractivity contribution in [2.24, 2.45) is 0 Å². The molecule has 5 aromatic heterocycles. The molecule has 0 saturated heterocycles. The normalized spacial score (nSPS) is 12.2. The number of hydrogen-bond acceptors (Lipinski definition) is 3. The molecule has 12 aromatic rings. The van der Waals surface area contributed by atoms with Crippen LogP contribution in [0.1, 0.15) is 0 Å². The van der Waals surface area contributed by atoms with E-state index in [1.807, 2.05) is 18.3 Å². The fourth-order valence-corrected chi connectivity index (χ4v) is 8.55. The van der Waals surface area contributed by atoms with E-state index >= 15 is 0 Å². The van der Waals surface area contributed by atoms with Crippen LogP contribution >= 0.6 is 0 Å². The summed E-state index contributed by atoms with van der Waals surface area (Å²) in [5, 5.41) is 9.39. The highest BCUT2D eigenvalue weighted by Gasteiger charge is 2.18. The third kappa shape index (κ3) is 4.07. The Balaban J connectivity index is 1.03. The molecule has 0 atom stereocenters. The molecule has 5 heteroatoms. The maximum absolute atomic E-state index is 6.10. The Morgan fingerprint density at radius 3 is 1.94 bits per heavy atom. The lowest BCUT2D eigenvalue weighted by atomic mass is 9.97. The molecule has 0 fully saturated rings. The van der Waals surface area contributed by atoms with Gasteiger partial charge in [0.2, 0.25) is 0 Å². The quantitative estimate of drug-likeness (QED) is 0.175. The molecule has 0 N–H and O–H groups in total. The van der Waals surface area contributed by atoms with Crippen LogP contribution in [0.15, 0.2) is 175 Å². The fraction of sp³-hybridized carbons (Fsp3) is 0. The summed E-state index contributed by atoms with van der Waals surface area (Å²) in [7, 11) is 0. The zero-order valence-electron chi connectivity index (χ0n) is 28.4. The zero-order valence-corrected chi connectivity index (χ0v) is 28.4. The van der Waals surface area contributed by atoms with E-state index in [9.17, 15) is 0 Å². The van der Waals surface area contributed by atoms with Gasteiger partial charge in [0, 0.05) is 56.0 Å². The Hall–Kier alpha value is -7.24. The van der Waals surface area contributed by atoms with Crippen molar-refractivity contribution >= 4 is 82.0 Å². The average molecular weight is 677 g/mol. The molecule has 0 aliphatic carbocycles. The van der Waals surface area contributed by atoms with Crippen LogP contribution in [-0.4, -0.2) is 18.9 Å². The molecule has 12 rings (SSSR count). The van der Waals surface area contributed by atoms with Crippen molar-refractivity contribution in [3.63, 3.8) is 0 Å². The number of furan rings is 1. The van der Waals surface area contributed by atoms with Crippen LogP contribution in [0.4, 0.5) is 0 Å². The summed E-state index contributed by atoms with van der Waals surface area (Å²) in [4.78, 5) is 10.2. The molecule has 53 heavy (non-hydrogen) atoms. The minimum absolute atomic E-state index is 0.897. The van der Waals surface area contributed by atoms with Crippen LogP contribution in [0.25, 0.3) is 110 Å². The average Bonchev–Trinajstić information content (AvgIpc) is 3.90. The third-order valence-electron chi connectivity index (χ3n) is 11.0. The lowest BCUT2D eigenvalue weighted by Crippen LogP contribution is -1.95. The van der Waals surface area contributed by atoms with Gasteiger partial charge in [0.15, 0.2) is 0 Å². The molecule has 246 valence electrons. The summed E-state index contributed by atoms with van der Waals surface area (Å²) in [5.74, 6) is 0. The highest BCUT2D eigenvalue weighted by atomic mass is 16.3. The monoisotopic (exact) mass is 676 g/mol. The number of hydrogen-bond donors (Lipinski definition) is 0. The highest BCUT2D eigenvalue weighted by molar-refractivity contribution is 6.24. The predicted molar refractivity (Wildman–Crippen MR) is 218 cm³/mol. The number of rotatable bonds is 3. The topological polar surface area (TPSA) is 48.3 Å². The summed E-state index contributed by atoms with van der Waals surface area (Å²) in [6, 6.07) is 56.0. The van der Waals surface area contributed by atoms with Gasteiger partial charge < -0.3 is 8.98 Å². The van der Waals surface area contributed by atoms with Crippen LogP contribution in [0.5, 0.6) is 0 Å². The molecule has 0 spiro atoms. The first-order valence-corrected chi connectivity index (χ1v) is 17.9. The van der Waals surface area contributed by atoms with Crippen molar-refractivity contribution in [2.75, 3.05) is 0 Å². The van der Waals surface area contributed by atoms with E-state index in [1.165, 1.54) is 32.6 Å². The van der Waals surface area contributed by atoms with E-state index in [4.69, 9.17) is 14.4 Å². The summed E-state index contributed by atoms with van der Waals surface area (Å²) >= 11 is 0. The maximum atomic E-state index is 6.10. The molecular weight excluding hydrogens is 649 g/mol. The number of benzene rings is 7. The molecule has 0 aliphatic rings. The molecule has 0 amide bonds. The standard InChI is InChI=1S/C48H28N4O/c1-2-13-37-33(9-1)39-26-31(41-28-32(21-23-49-41)52-42-14-6-3-10-34(42)35-11-4-7-15-43(35)52)17-19-38(39)48-47(37)50-46-27-30(22-24-51(46)48)29-18-20-45-40(25-29)36-12-5-8-16-44(36)53-45/h1-28H. The van der Waals surface area contributed by atoms with Crippen molar-refractivity contribution in [1.29, 1.82) is 0 Å². The molecule has 0 aliphatic heterocycles. The van der Waals surface area contributed by atoms with Crippen molar-refractivity contribution in [3.05, 3.63) is 170 Å². The van der Waals surface area contributed by atoms with Gasteiger partial charge in [-0.05, 0) is 82.6 Å². The second-order valence-electron chi connectivity index (χ2n) is 13.8. The Labute approximate surface area is 302 Å². The summed E-state index contributed by atoms with van der Waals surface area (Å²) in [6.45, 7) is 0. The highest BCUT2D eigenvalue weighted by Crippen LogP contribution is 2.39. The number of pyridine rings is 2. The summed E-state index contributed by atoms with van der Waals surface area (Å²) in [5.41, 5.74) is 12.5. The van der Waals surface area contributed by atoms with Gasteiger partial charge in [-0.15, -0.1) is 0 Å². The van der Waals surface area contributed by atoms with Crippen molar-refractivity contribution in [2.45, 2.75) is 0 Å². The zero-order chi connectivity index (χ0) is 34.6.